The molecule has 2 N–H and O–H groups in total. The predicted octanol–water partition coefficient (Wildman–Crippen LogP) is 2.48. The maximum absolute atomic E-state index is 12.3. The molecule has 1 aliphatic rings. The standard InChI is InChI=1S/C19H16N4O2S/c1-23-8-7-12-11(9-23)13(10-5-3-2-4-6-10)14-15-16(26-18(14)20-12)17(24)22-19(25)21-15/h2-6H,7-9H2,1H3,(H2,21,22,24,25). The molecule has 0 fully saturated rings. The van der Waals surface area contributed by atoms with Crippen molar-refractivity contribution < 1.29 is 0 Å². The minimum Gasteiger partial charge on any atom is -0.305 e. The fraction of sp³-hybridized carbons (Fsp3) is 0.211. The number of nitrogens with one attached hydrogen (secondary N) is 2. The highest BCUT2D eigenvalue weighted by Crippen LogP contribution is 2.41. The number of rotatable bonds is 1. The van der Waals surface area contributed by atoms with Crippen molar-refractivity contribution in [1.29, 1.82) is 0 Å². The van der Waals surface area contributed by atoms with Crippen LogP contribution in [0.25, 0.3) is 31.6 Å². The second-order valence-electron chi connectivity index (χ2n) is 6.66. The summed E-state index contributed by atoms with van der Waals surface area (Å²) in [5, 5.41) is 0.869. The normalized spacial score (nSPS) is 14.8. The van der Waals surface area contributed by atoms with Crippen LogP contribution in [-0.2, 0) is 13.0 Å². The van der Waals surface area contributed by atoms with Gasteiger partial charge in [0, 0.05) is 36.2 Å². The van der Waals surface area contributed by atoms with E-state index in [-0.39, 0.29) is 5.56 Å². The Morgan fingerprint density at radius 3 is 2.77 bits per heavy atom. The van der Waals surface area contributed by atoms with Gasteiger partial charge in [-0.2, -0.15) is 0 Å². The second kappa shape index (κ2) is 5.62. The van der Waals surface area contributed by atoms with Crippen LogP contribution >= 0.6 is 11.3 Å². The smallest absolute Gasteiger partial charge is 0.305 e. The van der Waals surface area contributed by atoms with Gasteiger partial charge in [0.1, 0.15) is 9.53 Å². The number of thiophene rings is 1. The zero-order valence-electron chi connectivity index (χ0n) is 14.1. The van der Waals surface area contributed by atoms with Crippen molar-refractivity contribution in [2.75, 3.05) is 13.6 Å². The van der Waals surface area contributed by atoms with Crippen LogP contribution in [0.2, 0.25) is 0 Å². The molecular weight excluding hydrogens is 348 g/mol. The van der Waals surface area contributed by atoms with Crippen molar-refractivity contribution in [3.63, 3.8) is 0 Å². The van der Waals surface area contributed by atoms with Gasteiger partial charge >= 0.3 is 5.69 Å². The molecule has 1 aromatic carbocycles. The number of hydrogen-bond donors (Lipinski definition) is 2. The second-order valence-corrected chi connectivity index (χ2v) is 7.66. The number of hydrogen-bond acceptors (Lipinski definition) is 5. The number of likely N-dealkylation sites (N-methyl/N-ethyl adjacent to an activating group) is 1. The van der Waals surface area contributed by atoms with Crippen molar-refractivity contribution in [2.45, 2.75) is 13.0 Å². The van der Waals surface area contributed by atoms with Gasteiger partial charge in [-0.3, -0.25) is 9.78 Å². The van der Waals surface area contributed by atoms with E-state index in [0.717, 1.165) is 46.5 Å². The Morgan fingerprint density at radius 2 is 1.96 bits per heavy atom. The molecular formula is C19H16N4O2S. The van der Waals surface area contributed by atoms with Crippen molar-refractivity contribution in [3.05, 3.63) is 62.4 Å². The number of pyridine rings is 1. The quantitative estimate of drug-likeness (QED) is 0.544. The van der Waals surface area contributed by atoms with E-state index in [0.29, 0.717) is 10.2 Å². The lowest BCUT2D eigenvalue weighted by atomic mass is 9.92. The average molecular weight is 364 g/mol. The third-order valence-corrected chi connectivity index (χ3v) is 6.00. The topological polar surface area (TPSA) is 81.8 Å². The first kappa shape index (κ1) is 15.5. The summed E-state index contributed by atoms with van der Waals surface area (Å²) >= 11 is 1.34. The molecule has 26 heavy (non-hydrogen) atoms. The van der Waals surface area contributed by atoms with Crippen LogP contribution in [-0.4, -0.2) is 33.4 Å². The van der Waals surface area contributed by atoms with Crippen LogP contribution in [0.5, 0.6) is 0 Å². The molecule has 0 saturated carbocycles. The minimum absolute atomic E-state index is 0.360. The maximum Gasteiger partial charge on any atom is 0.326 e. The zero-order chi connectivity index (χ0) is 17.8. The molecule has 0 bridgehead atoms. The summed E-state index contributed by atoms with van der Waals surface area (Å²) in [6.45, 7) is 1.76. The van der Waals surface area contributed by atoms with E-state index in [2.05, 4.69) is 34.0 Å². The lowest BCUT2D eigenvalue weighted by Crippen LogP contribution is -2.28. The number of aromatic amines is 2. The van der Waals surface area contributed by atoms with Crippen molar-refractivity contribution >= 4 is 31.8 Å². The summed E-state index contributed by atoms with van der Waals surface area (Å²) < 4.78 is 0.514. The molecule has 0 saturated heterocycles. The van der Waals surface area contributed by atoms with Gasteiger partial charge in [-0.25, -0.2) is 9.78 Å². The molecule has 5 rings (SSSR count). The first-order valence-corrected chi connectivity index (χ1v) is 9.28. The molecule has 0 amide bonds. The molecule has 130 valence electrons. The van der Waals surface area contributed by atoms with E-state index in [4.69, 9.17) is 4.98 Å². The van der Waals surface area contributed by atoms with E-state index in [9.17, 15) is 9.59 Å². The van der Waals surface area contributed by atoms with Crippen LogP contribution in [0.3, 0.4) is 0 Å². The minimum atomic E-state index is -0.490. The summed E-state index contributed by atoms with van der Waals surface area (Å²) in [5.74, 6) is 0. The van der Waals surface area contributed by atoms with Gasteiger partial charge in [0.2, 0.25) is 0 Å². The largest absolute Gasteiger partial charge is 0.326 e. The number of benzene rings is 1. The Balaban J connectivity index is 2.01. The van der Waals surface area contributed by atoms with Crippen LogP contribution in [0.4, 0.5) is 0 Å². The Hall–Kier alpha value is -2.77. The van der Waals surface area contributed by atoms with E-state index >= 15 is 0 Å². The summed E-state index contributed by atoms with van der Waals surface area (Å²) in [6.07, 6.45) is 0.878. The maximum atomic E-state index is 12.3. The molecule has 4 aromatic rings. The van der Waals surface area contributed by atoms with Gasteiger partial charge in [-0.05, 0) is 18.2 Å². The SMILES string of the molecule is CN1CCc2nc3sc4c(=O)[nH]c(=O)[nH]c4c3c(-c3ccccc3)c2C1. The van der Waals surface area contributed by atoms with Gasteiger partial charge in [0.15, 0.2) is 0 Å². The molecule has 0 atom stereocenters. The molecule has 0 spiro atoms. The fourth-order valence-corrected chi connectivity index (χ4v) is 4.80. The molecule has 0 unspecified atom stereocenters. The summed E-state index contributed by atoms with van der Waals surface area (Å²) in [7, 11) is 2.10. The zero-order valence-corrected chi connectivity index (χ0v) is 14.9. The molecule has 1 aliphatic heterocycles. The van der Waals surface area contributed by atoms with Crippen LogP contribution < -0.4 is 11.2 Å². The predicted molar refractivity (Wildman–Crippen MR) is 104 cm³/mol. The van der Waals surface area contributed by atoms with Crippen LogP contribution in [0.1, 0.15) is 11.3 Å². The van der Waals surface area contributed by atoms with E-state index < -0.39 is 5.69 Å². The highest BCUT2D eigenvalue weighted by atomic mass is 32.1. The Morgan fingerprint density at radius 1 is 1.15 bits per heavy atom. The van der Waals surface area contributed by atoms with E-state index in [1.807, 2.05) is 18.2 Å². The fourth-order valence-electron chi connectivity index (χ4n) is 3.75. The molecule has 6 nitrogen and oxygen atoms in total. The first-order chi connectivity index (χ1) is 12.6. The molecule has 7 heteroatoms. The summed E-state index contributed by atoms with van der Waals surface area (Å²) in [4.78, 5) is 37.3. The Bertz CT molecular complexity index is 1270. The molecule has 4 heterocycles. The van der Waals surface area contributed by atoms with Gasteiger partial charge in [-0.15, -0.1) is 11.3 Å². The lowest BCUT2D eigenvalue weighted by Gasteiger charge is -2.27. The molecule has 0 aliphatic carbocycles. The highest BCUT2D eigenvalue weighted by molar-refractivity contribution is 7.25. The average Bonchev–Trinajstić information content (AvgIpc) is 2.99. The van der Waals surface area contributed by atoms with Gasteiger partial charge in [-0.1, -0.05) is 30.3 Å². The summed E-state index contributed by atoms with van der Waals surface area (Å²) in [6, 6.07) is 10.1. The molecule has 3 aromatic heterocycles. The third kappa shape index (κ3) is 2.24. The van der Waals surface area contributed by atoms with E-state index in [1.165, 1.54) is 16.9 Å². The third-order valence-electron chi connectivity index (χ3n) is 4.92. The first-order valence-electron chi connectivity index (χ1n) is 8.46. The summed E-state index contributed by atoms with van der Waals surface area (Å²) in [5.41, 5.74) is 4.15. The highest BCUT2D eigenvalue weighted by Gasteiger charge is 2.24. The Kier molecular flexibility index (Phi) is 3.35. The number of nitrogens with zero attached hydrogens (tertiary/aromatic N) is 2. The lowest BCUT2D eigenvalue weighted by molar-refractivity contribution is 0.311. The van der Waals surface area contributed by atoms with Crippen molar-refractivity contribution in [2.24, 2.45) is 0 Å². The van der Waals surface area contributed by atoms with Gasteiger partial charge in [0.25, 0.3) is 5.56 Å². The van der Waals surface area contributed by atoms with Gasteiger partial charge in [0.05, 0.1) is 5.52 Å². The van der Waals surface area contributed by atoms with E-state index in [1.54, 1.807) is 0 Å². The van der Waals surface area contributed by atoms with Crippen molar-refractivity contribution in [1.82, 2.24) is 19.9 Å². The van der Waals surface area contributed by atoms with Crippen LogP contribution in [0, 0.1) is 0 Å². The number of H-pyrrole nitrogens is 2. The monoisotopic (exact) mass is 364 g/mol. The van der Waals surface area contributed by atoms with Crippen LogP contribution in [0.15, 0.2) is 39.9 Å². The van der Waals surface area contributed by atoms with Gasteiger partial charge < -0.3 is 9.88 Å². The number of fused-ring (bicyclic) bond motifs is 4. The Labute approximate surface area is 152 Å². The number of aromatic nitrogens is 3. The molecule has 0 radical (unpaired) electrons. The van der Waals surface area contributed by atoms with Crippen molar-refractivity contribution in [3.8, 4) is 11.1 Å².